The molecule has 5 heteroatoms. The van der Waals surface area contributed by atoms with Crippen molar-refractivity contribution < 1.29 is 4.39 Å². The maximum Gasteiger partial charge on any atom is 0.137 e. The zero-order valence-electron chi connectivity index (χ0n) is 12.4. The van der Waals surface area contributed by atoms with Crippen LogP contribution in [0.2, 0.25) is 0 Å². The van der Waals surface area contributed by atoms with Crippen LogP contribution in [0.15, 0.2) is 34.8 Å². The first-order chi connectivity index (χ1) is 9.81. The minimum atomic E-state index is -0.268. The Balaban J connectivity index is 2.19. The Labute approximate surface area is 137 Å². The molecule has 0 aliphatic heterocycles. The van der Waals surface area contributed by atoms with Crippen molar-refractivity contribution in [1.82, 2.24) is 0 Å². The Bertz CT molecular complexity index is 619. The van der Waals surface area contributed by atoms with Crippen LogP contribution >= 0.6 is 27.3 Å². The minimum absolute atomic E-state index is 0.0310. The van der Waals surface area contributed by atoms with E-state index in [0.717, 1.165) is 5.69 Å². The van der Waals surface area contributed by atoms with E-state index in [-0.39, 0.29) is 17.3 Å². The predicted octanol–water partition coefficient (Wildman–Crippen LogP) is 5.06. The molecule has 2 aromatic rings. The highest BCUT2D eigenvalue weighted by Gasteiger charge is 2.19. The van der Waals surface area contributed by atoms with Gasteiger partial charge < -0.3 is 11.1 Å². The van der Waals surface area contributed by atoms with Crippen LogP contribution in [0.3, 0.4) is 0 Å². The second-order valence-electron chi connectivity index (χ2n) is 6.01. The highest BCUT2D eigenvalue weighted by Crippen LogP contribution is 2.33. The second-order valence-corrected chi connectivity index (χ2v) is 7.98. The lowest BCUT2D eigenvalue weighted by molar-refractivity contribution is 0.604. The van der Waals surface area contributed by atoms with Crippen LogP contribution in [0.1, 0.15) is 36.6 Å². The van der Waals surface area contributed by atoms with Crippen LogP contribution in [-0.2, 0) is 5.41 Å². The molecular formula is C16H20BrFN2S. The zero-order valence-corrected chi connectivity index (χ0v) is 14.8. The van der Waals surface area contributed by atoms with Gasteiger partial charge in [-0.1, -0.05) is 20.8 Å². The molecule has 0 bridgehead atoms. The van der Waals surface area contributed by atoms with Crippen LogP contribution in [-0.4, -0.2) is 6.54 Å². The molecule has 0 radical (unpaired) electrons. The Morgan fingerprint density at radius 3 is 2.52 bits per heavy atom. The molecule has 0 saturated carbocycles. The van der Waals surface area contributed by atoms with Gasteiger partial charge in [0.05, 0.1) is 10.5 Å². The molecule has 1 atom stereocenters. The van der Waals surface area contributed by atoms with E-state index in [2.05, 4.69) is 54.2 Å². The standard InChI is InChI=1S/C16H20BrFN2S/c1-16(2,3)15-7-6-14(21-15)13(9-19)20-10-4-5-12(18)11(17)8-10/h4-8,13,20H,9,19H2,1-3H3. The van der Waals surface area contributed by atoms with Gasteiger partial charge in [0.1, 0.15) is 5.82 Å². The van der Waals surface area contributed by atoms with E-state index in [1.165, 1.54) is 15.8 Å². The lowest BCUT2D eigenvalue weighted by atomic mass is 9.95. The quantitative estimate of drug-likeness (QED) is 0.789. The molecular weight excluding hydrogens is 351 g/mol. The number of halogens is 2. The summed E-state index contributed by atoms with van der Waals surface area (Å²) in [7, 11) is 0. The third-order valence-corrected chi connectivity index (χ3v) is 5.44. The fourth-order valence-corrected chi connectivity index (χ4v) is 3.48. The Kier molecular flexibility index (Phi) is 5.07. The van der Waals surface area contributed by atoms with E-state index in [4.69, 9.17) is 5.73 Å². The third kappa shape index (κ3) is 4.05. The molecule has 1 aromatic carbocycles. The van der Waals surface area contributed by atoms with Gasteiger partial charge in [0, 0.05) is 22.0 Å². The van der Waals surface area contributed by atoms with Gasteiger partial charge in [0.2, 0.25) is 0 Å². The molecule has 0 fully saturated rings. The summed E-state index contributed by atoms with van der Waals surface area (Å²) in [6.45, 7) is 7.08. The first kappa shape index (κ1) is 16.5. The smallest absolute Gasteiger partial charge is 0.137 e. The van der Waals surface area contributed by atoms with Crippen LogP contribution in [0, 0.1) is 5.82 Å². The molecule has 0 aliphatic carbocycles. The normalized spacial score (nSPS) is 13.2. The van der Waals surface area contributed by atoms with Crippen LogP contribution in [0.4, 0.5) is 10.1 Å². The van der Waals surface area contributed by atoms with Gasteiger partial charge in [0.25, 0.3) is 0 Å². The Morgan fingerprint density at radius 2 is 2.00 bits per heavy atom. The van der Waals surface area contributed by atoms with Gasteiger partial charge in [-0.05, 0) is 51.7 Å². The number of hydrogen-bond donors (Lipinski definition) is 2. The van der Waals surface area contributed by atoms with Gasteiger partial charge in [-0.15, -0.1) is 11.3 Å². The maximum atomic E-state index is 13.3. The van der Waals surface area contributed by atoms with Crippen LogP contribution in [0.25, 0.3) is 0 Å². The van der Waals surface area contributed by atoms with E-state index >= 15 is 0 Å². The van der Waals surface area contributed by atoms with Crippen molar-refractivity contribution in [2.75, 3.05) is 11.9 Å². The number of hydrogen-bond acceptors (Lipinski definition) is 3. The molecule has 21 heavy (non-hydrogen) atoms. The van der Waals surface area contributed by atoms with Crippen molar-refractivity contribution in [3.63, 3.8) is 0 Å². The topological polar surface area (TPSA) is 38.0 Å². The fourth-order valence-electron chi connectivity index (χ4n) is 1.98. The number of benzene rings is 1. The fraction of sp³-hybridized carbons (Fsp3) is 0.375. The van der Waals surface area contributed by atoms with Gasteiger partial charge >= 0.3 is 0 Å². The molecule has 0 saturated heterocycles. The molecule has 3 N–H and O–H groups in total. The van der Waals surface area contributed by atoms with Crippen molar-refractivity contribution >= 4 is 33.0 Å². The van der Waals surface area contributed by atoms with E-state index in [9.17, 15) is 4.39 Å². The average Bonchev–Trinajstić information content (AvgIpc) is 2.89. The highest BCUT2D eigenvalue weighted by atomic mass is 79.9. The van der Waals surface area contributed by atoms with Crippen LogP contribution < -0.4 is 11.1 Å². The number of thiophene rings is 1. The molecule has 2 rings (SSSR count). The number of nitrogens with two attached hydrogens (primary N) is 1. The summed E-state index contributed by atoms with van der Waals surface area (Å²) in [6.07, 6.45) is 0. The molecule has 0 aliphatic rings. The summed E-state index contributed by atoms with van der Waals surface area (Å²) < 4.78 is 13.7. The van der Waals surface area contributed by atoms with E-state index in [1.807, 2.05) is 0 Å². The first-order valence-corrected chi connectivity index (χ1v) is 8.44. The van der Waals surface area contributed by atoms with E-state index < -0.39 is 0 Å². The van der Waals surface area contributed by atoms with Gasteiger partial charge in [-0.3, -0.25) is 0 Å². The number of anilines is 1. The summed E-state index contributed by atoms with van der Waals surface area (Å²) in [5, 5.41) is 3.37. The van der Waals surface area contributed by atoms with Crippen molar-refractivity contribution in [1.29, 1.82) is 0 Å². The van der Waals surface area contributed by atoms with Crippen LogP contribution in [0.5, 0.6) is 0 Å². The summed E-state index contributed by atoms with van der Waals surface area (Å²) >= 11 is 4.97. The molecule has 114 valence electrons. The molecule has 1 heterocycles. The summed E-state index contributed by atoms with van der Waals surface area (Å²) in [6, 6.07) is 9.20. The van der Waals surface area contributed by atoms with Crippen molar-refractivity contribution in [3.05, 3.63) is 50.4 Å². The lowest BCUT2D eigenvalue weighted by Gasteiger charge is -2.18. The average molecular weight is 371 g/mol. The van der Waals surface area contributed by atoms with Gasteiger partial charge in [-0.25, -0.2) is 4.39 Å². The molecule has 0 spiro atoms. The van der Waals surface area contributed by atoms with Gasteiger partial charge in [-0.2, -0.15) is 0 Å². The largest absolute Gasteiger partial charge is 0.376 e. The second kappa shape index (κ2) is 6.46. The number of rotatable bonds is 4. The summed E-state index contributed by atoms with van der Waals surface area (Å²) in [5.74, 6) is -0.268. The Morgan fingerprint density at radius 1 is 1.29 bits per heavy atom. The zero-order chi connectivity index (χ0) is 15.6. The molecule has 1 unspecified atom stereocenters. The maximum absolute atomic E-state index is 13.3. The van der Waals surface area contributed by atoms with E-state index in [1.54, 1.807) is 23.5 Å². The first-order valence-electron chi connectivity index (χ1n) is 6.83. The number of nitrogens with one attached hydrogen (secondary N) is 1. The SMILES string of the molecule is CC(C)(C)c1ccc(C(CN)Nc2ccc(F)c(Br)c2)s1. The minimum Gasteiger partial charge on any atom is -0.376 e. The molecule has 1 aromatic heterocycles. The summed E-state index contributed by atoms with van der Waals surface area (Å²) in [5.41, 5.74) is 6.89. The summed E-state index contributed by atoms with van der Waals surface area (Å²) in [4.78, 5) is 2.53. The van der Waals surface area contributed by atoms with Crippen molar-refractivity contribution in [3.8, 4) is 0 Å². The third-order valence-electron chi connectivity index (χ3n) is 3.21. The lowest BCUT2D eigenvalue weighted by Crippen LogP contribution is -2.19. The van der Waals surface area contributed by atoms with Crippen molar-refractivity contribution in [2.24, 2.45) is 5.73 Å². The van der Waals surface area contributed by atoms with E-state index in [0.29, 0.717) is 11.0 Å². The predicted molar refractivity (Wildman–Crippen MR) is 92.5 cm³/mol. The highest BCUT2D eigenvalue weighted by molar-refractivity contribution is 9.10. The molecule has 0 amide bonds. The molecule has 2 nitrogen and oxygen atoms in total. The Hall–Kier alpha value is -0.910. The monoisotopic (exact) mass is 370 g/mol. The van der Waals surface area contributed by atoms with Gasteiger partial charge in [0.15, 0.2) is 0 Å². The van der Waals surface area contributed by atoms with Crippen molar-refractivity contribution in [2.45, 2.75) is 32.2 Å².